The number of aliphatic hydroxyl groups excluding tert-OH is 1. The fraction of sp³-hybridized carbons (Fsp3) is 0.688. The van der Waals surface area contributed by atoms with Crippen molar-refractivity contribution in [3.63, 3.8) is 0 Å². The molecule has 0 spiro atoms. The van der Waals surface area contributed by atoms with Crippen molar-refractivity contribution in [2.75, 3.05) is 14.1 Å². The maximum atomic E-state index is 12.1. The van der Waals surface area contributed by atoms with E-state index in [2.05, 4.69) is 10.4 Å². The minimum Gasteiger partial charge on any atom is -0.444 e. The lowest BCUT2D eigenvalue weighted by atomic mass is 9.89. The molecule has 2 rings (SSSR count). The number of aliphatic hydroxyl groups is 1. The molecule has 1 aliphatic rings. The van der Waals surface area contributed by atoms with Gasteiger partial charge in [0.25, 0.3) is 5.91 Å². The van der Waals surface area contributed by atoms with E-state index >= 15 is 0 Å². The lowest BCUT2D eigenvalue weighted by molar-refractivity contribution is 0.0405. The van der Waals surface area contributed by atoms with Gasteiger partial charge in [0.05, 0.1) is 24.4 Å². The Kier molecular flexibility index (Phi) is 5.17. The monoisotopic (exact) mass is 338 g/mol. The molecule has 2 N–H and O–H groups in total. The predicted octanol–water partition coefficient (Wildman–Crippen LogP) is 1.31. The molecule has 1 fully saturated rings. The van der Waals surface area contributed by atoms with Crippen molar-refractivity contribution in [1.82, 2.24) is 20.0 Å². The molecule has 134 valence electrons. The van der Waals surface area contributed by atoms with Gasteiger partial charge in [0.2, 0.25) is 0 Å². The number of carbonyl (C=O) groups is 2. The highest BCUT2D eigenvalue weighted by Gasteiger charge is 2.32. The average molecular weight is 338 g/mol. The number of rotatable bonds is 4. The van der Waals surface area contributed by atoms with Crippen LogP contribution in [0.15, 0.2) is 6.07 Å². The fourth-order valence-electron chi connectivity index (χ4n) is 2.45. The highest BCUT2D eigenvalue weighted by molar-refractivity contribution is 5.92. The first-order chi connectivity index (χ1) is 11.1. The molecule has 8 heteroatoms. The highest BCUT2D eigenvalue weighted by Crippen LogP contribution is 2.33. The first-order valence-corrected chi connectivity index (χ1v) is 8.02. The third kappa shape index (κ3) is 4.47. The number of nitrogens with one attached hydrogen (secondary N) is 1. The van der Waals surface area contributed by atoms with Crippen LogP contribution in [0.1, 0.15) is 55.8 Å². The third-order valence-corrected chi connectivity index (χ3v) is 3.69. The number of hydrogen-bond donors (Lipinski definition) is 2. The molecule has 0 aromatic carbocycles. The molecule has 1 aromatic rings. The van der Waals surface area contributed by atoms with E-state index in [-0.39, 0.29) is 24.6 Å². The van der Waals surface area contributed by atoms with Crippen LogP contribution in [0.25, 0.3) is 0 Å². The van der Waals surface area contributed by atoms with Crippen molar-refractivity contribution >= 4 is 12.0 Å². The Hall–Kier alpha value is -2.09. The molecule has 2 amide bonds. The summed E-state index contributed by atoms with van der Waals surface area (Å²) < 4.78 is 6.94. The number of ether oxygens (including phenoxy) is 1. The average Bonchev–Trinajstić information content (AvgIpc) is 2.82. The number of carbonyl (C=O) groups excluding carboxylic acids is 2. The van der Waals surface area contributed by atoms with Crippen molar-refractivity contribution in [3.05, 3.63) is 17.5 Å². The lowest BCUT2D eigenvalue weighted by Gasteiger charge is -2.32. The van der Waals surface area contributed by atoms with Gasteiger partial charge < -0.3 is 20.1 Å². The molecule has 0 bridgehead atoms. The van der Waals surface area contributed by atoms with Crippen LogP contribution < -0.4 is 5.32 Å². The normalized spacial score (nSPS) is 20.2. The van der Waals surface area contributed by atoms with Crippen LogP contribution in [-0.2, 0) is 11.3 Å². The summed E-state index contributed by atoms with van der Waals surface area (Å²) in [6.07, 6.45) is 0.330. The second kappa shape index (κ2) is 6.80. The van der Waals surface area contributed by atoms with Crippen LogP contribution in [0.5, 0.6) is 0 Å². The fourth-order valence-corrected chi connectivity index (χ4v) is 2.45. The van der Waals surface area contributed by atoms with Gasteiger partial charge in [-0.15, -0.1) is 0 Å². The van der Waals surface area contributed by atoms with Gasteiger partial charge in [-0.2, -0.15) is 5.10 Å². The van der Waals surface area contributed by atoms with E-state index in [1.165, 1.54) is 4.90 Å². The maximum Gasteiger partial charge on any atom is 0.407 e. The zero-order valence-corrected chi connectivity index (χ0v) is 14.9. The zero-order valence-electron chi connectivity index (χ0n) is 14.9. The lowest BCUT2D eigenvalue weighted by Crippen LogP contribution is -2.35. The molecule has 1 saturated carbocycles. The smallest absolute Gasteiger partial charge is 0.407 e. The molecule has 1 aromatic heterocycles. The van der Waals surface area contributed by atoms with E-state index in [0.717, 1.165) is 0 Å². The molecule has 0 radical (unpaired) electrons. The SMILES string of the molecule is CN(C)C(=O)c1cc(CNC(=O)OC(C)(C)C)n([C@H]2C[C@@H](O)C2)n1. The molecular weight excluding hydrogens is 312 g/mol. The van der Waals surface area contributed by atoms with Crippen molar-refractivity contribution in [1.29, 1.82) is 0 Å². The number of nitrogens with zero attached hydrogens (tertiary/aromatic N) is 3. The summed E-state index contributed by atoms with van der Waals surface area (Å²) in [5, 5.41) is 16.6. The summed E-state index contributed by atoms with van der Waals surface area (Å²) in [5.74, 6) is -0.202. The van der Waals surface area contributed by atoms with E-state index in [4.69, 9.17) is 4.74 Å². The first-order valence-electron chi connectivity index (χ1n) is 8.02. The van der Waals surface area contributed by atoms with Gasteiger partial charge in [-0.25, -0.2) is 4.79 Å². The van der Waals surface area contributed by atoms with E-state index < -0.39 is 11.7 Å². The Labute approximate surface area is 141 Å². The van der Waals surface area contributed by atoms with Crippen LogP contribution >= 0.6 is 0 Å². The Bertz CT molecular complexity index is 612. The summed E-state index contributed by atoms with van der Waals surface area (Å²) in [6, 6.07) is 1.71. The molecule has 24 heavy (non-hydrogen) atoms. The summed E-state index contributed by atoms with van der Waals surface area (Å²) >= 11 is 0. The van der Waals surface area contributed by atoms with E-state index in [1.54, 1.807) is 45.6 Å². The zero-order chi connectivity index (χ0) is 18.1. The largest absolute Gasteiger partial charge is 0.444 e. The Morgan fingerprint density at radius 1 is 1.42 bits per heavy atom. The molecule has 0 aliphatic heterocycles. The van der Waals surface area contributed by atoms with Crippen LogP contribution in [-0.4, -0.2) is 57.6 Å². The van der Waals surface area contributed by atoms with Crippen LogP contribution in [0.2, 0.25) is 0 Å². The Morgan fingerprint density at radius 3 is 2.54 bits per heavy atom. The van der Waals surface area contributed by atoms with Crippen molar-refractivity contribution in [2.24, 2.45) is 0 Å². The first kappa shape index (κ1) is 18.3. The molecule has 0 saturated heterocycles. The second-order valence-electron chi connectivity index (χ2n) is 7.30. The van der Waals surface area contributed by atoms with Crippen molar-refractivity contribution < 1.29 is 19.4 Å². The van der Waals surface area contributed by atoms with Crippen molar-refractivity contribution in [2.45, 2.75) is 57.9 Å². The third-order valence-electron chi connectivity index (χ3n) is 3.69. The van der Waals surface area contributed by atoms with Gasteiger partial charge in [0.1, 0.15) is 5.60 Å². The summed E-state index contributed by atoms with van der Waals surface area (Å²) in [6.45, 7) is 5.58. The number of aromatic nitrogens is 2. The van der Waals surface area contributed by atoms with Gasteiger partial charge in [-0.1, -0.05) is 0 Å². The van der Waals surface area contributed by atoms with E-state index in [1.807, 2.05) is 0 Å². The number of amides is 2. The van der Waals surface area contributed by atoms with Gasteiger partial charge in [-0.05, 0) is 39.7 Å². The summed E-state index contributed by atoms with van der Waals surface area (Å²) in [7, 11) is 3.32. The molecular formula is C16H26N4O4. The molecule has 8 nitrogen and oxygen atoms in total. The summed E-state index contributed by atoms with van der Waals surface area (Å²) in [4.78, 5) is 25.4. The minimum absolute atomic E-state index is 0.0409. The number of hydrogen-bond acceptors (Lipinski definition) is 5. The molecule has 1 aliphatic carbocycles. The van der Waals surface area contributed by atoms with Gasteiger partial charge >= 0.3 is 6.09 Å². The minimum atomic E-state index is -0.575. The summed E-state index contributed by atoms with van der Waals surface area (Å²) in [5.41, 5.74) is 0.458. The van der Waals surface area contributed by atoms with Gasteiger partial charge in [0.15, 0.2) is 5.69 Å². The van der Waals surface area contributed by atoms with E-state index in [0.29, 0.717) is 24.2 Å². The second-order valence-corrected chi connectivity index (χ2v) is 7.30. The highest BCUT2D eigenvalue weighted by atomic mass is 16.6. The molecule has 0 atom stereocenters. The number of alkyl carbamates (subject to hydrolysis) is 1. The van der Waals surface area contributed by atoms with Crippen LogP contribution in [0, 0.1) is 0 Å². The topological polar surface area (TPSA) is 96.7 Å². The van der Waals surface area contributed by atoms with Gasteiger partial charge in [0, 0.05) is 14.1 Å². The van der Waals surface area contributed by atoms with E-state index in [9.17, 15) is 14.7 Å². The quantitative estimate of drug-likeness (QED) is 0.863. The van der Waals surface area contributed by atoms with Gasteiger partial charge in [-0.3, -0.25) is 9.48 Å². The molecule has 0 unspecified atom stereocenters. The Morgan fingerprint density at radius 2 is 2.04 bits per heavy atom. The predicted molar refractivity (Wildman–Crippen MR) is 87.6 cm³/mol. The maximum absolute atomic E-state index is 12.1. The van der Waals surface area contributed by atoms with Crippen LogP contribution in [0.3, 0.4) is 0 Å². The Balaban J connectivity index is 2.11. The standard InChI is InChI=1S/C16H26N4O4/c1-16(2,3)24-15(23)17-9-11-8-13(14(22)19(4)5)18-20(11)10-6-12(21)7-10/h8,10,12,21H,6-7,9H2,1-5H3,(H,17,23)/t10-,12+. The van der Waals surface area contributed by atoms with Crippen LogP contribution in [0.4, 0.5) is 4.79 Å². The molecule has 1 heterocycles. The van der Waals surface area contributed by atoms with Crippen molar-refractivity contribution in [3.8, 4) is 0 Å².